The van der Waals surface area contributed by atoms with Crippen LogP contribution in [0.4, 0.5) is 0 Å². The Kier molecular flexibility index (Phi) is 1.31. The van der Waals surface area contributed by atoms with E-state index in [1.807, 2.05) is 0 Å². The number of fused-ring (bicyclic) bond motifs is 3. The highest BCUT2D eigenvalue weighted by Gasteiger charge is 2.14. The zero-order chi connectivity index (χ0) is 8.67. The van der Waals surface area contributed by atoms with Crippen molar-refractivity contribution in [3.8, 4) is 11.1 Å². The fourth-order valence-corrected chi connectivity index (χ4v) is 1.90. The van der Waals surface area contributed by atoms with Gasteiger partial charge in [0.1, 0.15) is 0 Å². The Labute approximate surface area is 77.9 Å². The lowest BCUT2D eigenvalue weighted by Gasteiger charge is -1.92. The molecule has 0 aromatic carbocycles. The van der Waals surface area contributed by atoms with Crippen LogP contribution in [-0.2, 0) is 0 Å². The van der Waals surface area contributed by atoms with Crippen LogP contribution >= 0.6 is 0 Å². The van der Waals surface area contributed by atoms with Crippen molar-refractivity contribution in [2.75, 3.05) is 0 Å². The predicted molar refractivity (Wildman–Crippen MR) is 55.5 cm³/mol. The highest BCUT2D eigenvalue weighted by Crippen LogP contribution is 2.36. The lowest BCUT2D eigenvalue weighted by atomic mass is 10.1. The van der Waals surface area contributed by atoms with E-state index in [-0.39, 0.29) is 0 Å². The average molecular weight is 165 g/mol. The molecule has 0 heterocycles. The van der Waals surface area contributed by atoms with Crippen molar-refractivity contribution in [3.63, 3.8) is 0 Å². The molecule has 0 aromatic rings. The molecule has 0 amide bonds. The van der Waals surface area contributed by atoms with E-state index in [2.05, 4.69) is 55.0 Å². The molecule has 0 unspecified atom stereocenters. The fourth-order valence-electron chi connectivity index (χ4n) is 1.90. The minimum absolute atomic E-state index is 1.33. The summed E-state index contributed by atoms with van der Waals surface area (Å²) in [7, 11) is 0. The second-order valence-corrected chi connectivity index (χ2v) is 3.32. The number of hydrogen-bond donors (Lipinski definition) is 0. The van der Waals surface area contributed by atoms with Gasteiger partial charge < -0.3 is 0 Å². The van der Waals surface area contributed by atoms with Crippen LogP contribution in [0, 0.1) is 6.42 Å². The van der Waals surface area contributed by atoms with Crippen molar-refractivity contribution in [2.45, 2.75) is 0 Å². The molecule has 0 aromatic heterocycles. The third kappa shape index (κ3) is 0.919. The van der Waals surface area contributed by atoms with E-state index >= 15 is 0 Å². The Morgan fingerprint density at radius 2 is 1.85 bits per heavy atom. The monoisotopic (exact) mass is 165 g/mol. The molecule has 0 fully saturated rings. The van der Waals surface area contributed by atoms with Gasteiger partial charge >= 0.3 is 0 Å². The highest BCUT2D eigenvalue weighted by atomic mass is 14.2. The Morgan fingerprint density at radius 1 is 0.923 bits per heavy atom. The lowest BCUT2D eigenvalue weighted by molar-refractivity contribution is 1.66. The van der Waals surface area contributed by atoms with Crippen molar-refractivity contribution in [2.24, 2.45) is 0 Å². The van der Waals surface area contributed by atoms with Gasteiger partial charge in [0.05, 0.1) is 0 Å². The van der Waals surface area contributed by atoms with Crippen LogP contribution in [0.5, 0.6) is 0 Å². The minimum Gasteiger partial charge on any atom is -0.0754 e. The van der Waals surface area contributed by atoms with Gasteiger partial charge in [0, 0.05) is 6.42 Å². The molecule has 0 bridgehead atoms. The van der Waals surface area contributed by atoms with Crippen molar-refractivity contribution < 1.29 is 0 Å². The molecular weight excluding hydrogens is 156 g/mol. The largest absolute Gasteiger partial charge is 0.0754 e. The van der Waals surface area contributed by atoms with Gasteiger partial charge in [-0.05, 0) is 28.3 Å². The normalized spacial score (nSPS) is 13.5. The van der Waals surface area contributed by atoms with Gasteiger partial charge in [0.2, 0.25) is 0 Å². The van der Waals surface area contributed by atoms with E-state index in [0.29, 0.717) is 0 Å². The molecule has 0 atom stereocenters. The molecule has 0 heteroatoms. The maximum absolute atomic E-state index is 2.24. The van der Waals surface area contributed by atoms with Gasteiger partial charge in [-0.3, -0.25) is 0 Å². The Balaban J connectivity index is 2.38. The smallest absolute Gasteiger partial charge is 0.0131 e. The second-order valence-electron chi connectivity index (χ2n) is 3.32. The predicted octanol–water partition coefficient (Wildman–Crippen LogP) is 3.37. The van der Waals surface area contributed by atoms with E-state index in [0.717, 1.165) is 0 Å². The van der Waals surface area contributed by atoms with E-state index in [9.17, 15) is 0 Å². The SMILES string of the molecule is [CH]1C=Cc2c1cc1cccccc2-1. The molecule has 0 aliphatic heterocycles. The quantitative estimate of drug-likeness (QED) is 0.561. The van der Waals surface area contributed by atoms with Crippen molar-refractivity contribution in [1.82, 2.24) is 0 Å². The summed E-state index contributed by atoms with van der Waals surface area (Å²) in [4.78, 5) is 0. The third-order valence-corrected chi connectivity index (χ3v) is 2.52. The van der Waals surface area contributed by atoms with E-state index < -0.39 is 0 Å². The molecule has 13 heavy (non-hydrogen) atoms. The summed E-state index contributed by atoms with van der Waals surface area (Å²) >= 11 is 0. The van der Waals surface area contributed by atoms with Crippen LogP contribution in [-0.4, -0.2) is 0 Å². The average Bonchev–Trinajstić information content (AvgIpc) is 2.61. The summed E-state index contributed by atoms with van der Waals surface area (Å²) in [5, 5.41) is 0. The summed E-state index contributed by atoms with van der Waals surface area (Å²) in [6, 6.07) is 12.8. The highest BCUT2D eigenvalue weighted by molar-refractivity contribution is 5.85. The van der Waals surface area contributed by atoms with Crippen LogP contribution in [0.25, 0.3) is 17.2 Å². The van der Waals surface area contributed by atoms with E-state index in [1.165, 1.54) is 22.3 Å². The molecule has 3 aliphatic rings. The number of rotatable bonds is 0. The Hall–Kier alpha value is -1.56. The molecule has 61 valence electrons. The van der Waals surface area contributed by atoms with E-state index in [1.54, 1.807) is 0 Å². The minimum atomic E-state index is 1.33. The van der Waals surface area contributed by atoms with Gasteiger partial charge in [-0.15, -0.1) is 0 Å². The summed E-state index contributed by atoms with van der Waals surface area (Å²) in [5.74, 6) is 0. The van der Waals surface area contributed by atoms with Gasteiger partial charge in [-0.25, -0.2) is 0 Å². The summed E-state index contributed by atoms with van der Waals surface area (Å²) in [6.07, 6.45) is 6.45. The van der Waals surface area contributed by atoms with Gasteiger partial charge in [0.25, 0.3) is 0 Å². The number of hydrogen-bond acceptors (Lipinski definition) is 0. The van der Waals surface area contributed by atoms with E-state index in [4.69, 9.17) is 0 Å². The third-order valence-electron chi connectivity index (χ3n) is 2.52. The van der Waals surface area contributed by atoms with Crippen LogP contribution < -0.4 is 0 Å². The van der Waals surface area contributed by atoms with Crippen LogP contribution in [0.2, 0.25) is 0 Å². The molecule has 3 aliphatic carbocycles. The van der Waals surface area contributed by atoms with Crippen molar-refractivity contribution in [3.05, 3.63) is 60.0 Å². The maximum atomic E-state index is 2.24. The van der Waals surface area contributed by atoms with Crippen molar-refractivity contribution >= 4 is 6.08 Å². The topological polar surface area (TPSA) is 0 Å². The zero-order valence-corrected chi connectivity index (χ0v) is 7.20. The molecule has 0 saturated heterocycles. The molecule has 0 saturated carbocycles. The Bertz CT molecular complexity index is 452. The van der Waals surface area contributed by atoms with Gasteiger partial charge in [-0.1, -0.05) is 42.5 Å². The molecule has 0 nitrogen and oxygen atoms in total. The molecular formula is C13H9. The molecule has 0 spiro atoms. The standard InChI is InChI=1S/C13H9/c1-2-5-10-9-11-6-4-8-13(11)12(10)7-3-1/h1-9H. The maximum Gasteiger partial charge on any atom is 0.0131 e. The summed E-state index contributed by atoms with van der Waals surface area (Å²) < 4.78 is 0. The first-order chi connectivity index (χ1) is 6.45. The van der Waals surface area contributed by atoms with Crippen LogP contribution in [0.1, 0.15) is 11.1 Å². The van der Waals surface area contributed by atoms with Gasteiger partial charge in [0.15, 0.2) is 0 Å². The van der Waals surface area contributed by atoms with Crippen LogP contribution in [0.15, 0.2) is 42.5 Å². The molecule has 1 radical (unpaired) electrons. The summed E-state index contributed by atoms with van der Waals surface area (Å²) in [6.45, 7) is 0. The first-order valence-electron chi connectivity index (χ1n) is 4.48. The lowest BCUT2D eigenvalue weighted by Crippen LogP contribution is -1.69. The first-order valence-corrected chi connectivity index (χ1v) is 4.48. The summed E-state index contributed by atoms with van der Waals surface area (Å²) in [5.41, 5.74) is 5.40. The molecule has 3 rings (SSSR count). The molecule has 0 N–H and O–H groups in total. The van der Waals surface area contributed by atoms with Crippen LogP contribution in [0.3, 0.4) is 0 Å². The number of allylic oxidation sites excluding steroid dienone is 1. The fraction of sp³-hybridized carbons (Fsp3) is 0. The van der Waals surface area contributed by atoms with Crippen molar-refractivity contribution in [1.29, 1.82) is 0 Å². The van der Waals surface area contributed by atoms with Gasteiger partial charge in [-0.2, -0.15) is 0 Å². The second kappa shape index (κ2) is 2.46. The first kappa shape index (κ1) is 6.90. The zero-order valence-electron chi connectivity index (χ0n) is 7.20. The Morgan fingerprint density at radius 3 is 2.85 bits per heavy atom.